The smallest absolute Gasteiger partial charge is 0.330 e. The molecule has 0 aromatic heterocycles. The zero-order valence-electron chi connectivity index (χ0n) is 7.56. The third-order valence-corrected chi connectivity index (χ3v) is 2.63. The van der Waals surface area contributed by atoms with Crippen molar-refractivity contribution in [1.29, 1.82) is 0 Å². The SMILES string of the molecule is CC1CC(C(F)(F)F)C(CN)CN1. The molecule has 13 heavy (non-hydrogen) atoms. The summed E-state index contributed by atoms with van der Waals surface area (Å²) in [5, 5.41) is 3.01. The van der Waals surface area contributed by atoms with Crippen LogP contribution < -0.4 is 11.1 Å². The summed E-state index contributed by atoms with van der Waals surface area (Å²) in [6.45, 7) is 2.25. The number of hydrogen-bond acceptors (Lipinski definition) is 2. The Morgan fingerprint density at radius 1 is 1.46 bits per heavy atom. The second kappa shape index (κ2) is 3.84. The zero-order chi connectivity index (χ0) is 10.1. The molecule has 78 valence electrons. The van der Waals surface area contributed by atoms with Crippen LogP contribution in [0.25, 0.3) is 0 Å². The molecule has 0 amide bonds. The van der Waals surface area contributed by atoms with E-state index in [1.165, 1.54) is 0 Å². The summed E-state index contributed by atoms with van der Waals surface area (Å²) in [5.74, 6) is -1.69. The lowest BCUT2D eigenvalue weighted by molar-refractivity contribution is -0.195. The summed E-state index contributed by atoms with van der Waals surface area (Å²) in [5.41, 5.74) is 5.30. The molecule has 3 atom stereocenters. The second-order valence-corrected chi connectivity index (χ2v) is 3.69. The Kier molecular flexibility index (Phi) is 3.18. The van der Waals surface area contributed by atoms with Crippen LogP contribution in [0.2, 0.25) is 0 Å². The summed E-state index contributed by atoms with van der Waals surface area (Å²) < 4.78 is 37.4. The Morgan fingerprint density at radius 2 is 2.08 bits per heavy atom. The molecule has 0 bridgehead atoms. The highest BCUT2D eigenvalue weighted by Crippen LogP contribution is 2.36. The van der Waals surface area contributed by atoms with E-state index in [0.29, 0.717) is 6.54 Å². The summed E-state index contributed by atoms with van der Waals surface area (Å²) in [4.78, 5) is 0. The van der Waals surface area contributed by atoms with E-state index in [2.05, 4.69) is 5.32 Å². The molecule has 1 aliphatic heterocycles. The molecule has 1 heterocycles. The third kappa shape index (κ3) is 2.57. The van der Waals surface area contributed by atoms with Crippen molar-refractivity contribution in [2.75, 3.05) is 13.1 Å². The average Bonchev–Trinajstić information content (AvgIpc) is 2.03. The van der Waals surface area contributed by atoms with Crippen molar-refractivity contribution >= 4 is 0 Å². The minimum Gasteiger partial charge on any atom is -0.330 e. The predicted molar refractivity (Wildman–Crippen MR) is 44.2 cm³/mol. The van der Waals surface area contributed by atoms with Crippen LogP contribution >= 0.6 is 0 Å². The van der Waals surface area contributed by atoms with E-state index in [4.69, 9.17) is 5.73 Å². The summed E-state index contributed by atoms with van der Waals surface area (Å²) in [7, 11) is 0. The van der Waals surface area contributed by atoms with Crippen molar-refractivity contribution < 1.29 is 13.2 Å². The molecule has 2 nitrogen and oxygen atoms in total. The Balaban J connectivity index is 2.65. The monoisotopic (exact) mass is 196 g/mol. The van der Waals surface area contributed by atoms with E-state index in [-0.39, 0.29) is 19.0 Å². The van der Waals surface area contributed by atoms with Crippen LogP contribution in [0.3, 0.4) is 0 Å². The molecule has 0 aromatic carbocycles. The summed E-state index contributed by atoms with van der Waals surface area (Å²) in [6, 6.07) is -0.0607. The van der Waals surface area contributed by atoms with Gasteiger partial charge in [-0.05, 0) is 25.8 Å². The van der Waals surface area contributed by atoms with E-state index >= 15 is 0 Å². The highest BCUT2D eigenvalue weighted by atomic mass is 19.4. The summed E-state index contributed by atoms with van der Waals surface area (Å²) in [6.07, 6.45) is -3.95. The van der Waals surface area contributed by atoms with E-state index in [1.54, 1.807) is 6.92 Å². The first-order chi connectivity index (χ1) is 5.95. The Labute approximate surface area is 75.7 Å². The number of nitrogens with one attached hydrogen (secondary N) is 1. The van der Waals surface area contributed by atoms with Gasteiger partial charge in [0.05, 0.1) is 5.92 Å². The number of hydrogen-bond donors (Lipinski definition) is 2. The van der Waals surface area contributed by atoms with Gasteiger partial charge in [0.2, 0.25) is 0 Å². The molecule has 0 saturated carbocycles. The highest BCUT2D eigenvalue weighted by Gasteiger charge is 2.46. The second-order valence-electron chi connectivity index (χ2n) is 3.69. The molecule has 5 heteroatoms. The van der Waals surface area contributed by atoms with Gasteiger partial charge < -0.3 is 11.1 Å². The Morgan fingerprint density at radius 3 is 2.54 bits per heavy atom. The average molecular weight is 196 g/mol. The van der Waals surface area contributed by atoms with Crippen molar-refractivity contribution in [3.05, 3.63) is 0 Å². The van der Waals surface area contributed by atoms with Crippen LogP contribution in [0.5, 0.6) is 0 Å². The fourth-order valence-corrected chi connectivity index (χ4v) is 1.80. The van der Waals surface area contributed by atoms with Crippen molar-refractivity contribution in [2.24, 2.45) is 17.6 Å². The van der Waals surface area contributed by atoms with Gasteiger partial charge in [-0.2, -0.15) is 13.2 Å². The maximum absolute atomic E-state index is 12.5. The Bertz CT molecular complexity index is 169. The van der Waals surface area contributed by atoms with Crippen molar-refractivity contribution in [3.8, 4) is 0 Å². The number of piperidine rings is 1. The largest absolute Gasteiger partial charge is 0.392 e. The van der Waals surface area contributed by atoms with Crippen LogP contribution in [-0.4, -0.2) is 25.3 Å². The normalized spacial score (nSPS) is 36.2. The molecular weight excluding hydrogens is 181 g/mol. The fourth-order valence-electron chi connectivity index (χ4n) is 1.80. The van der Waals surface area contributed by atoms with Crippen LogP contribution in [-0.2, 0) is 0 Å². The van der Waals surface area contributed by atoms with E-state index in [1.807, 2.05) is 0 Å². The van der Waals surface area contributed by atoms with Gasteiger partial charge >= 0.3 is 6.18 Å². The predicted octanol–water partition coefficient (Wildman–Crippen LogP) is 1.12. The molecule has 1 saturated heterocycles. The molecule has 3 N–H and O–H groups in total. The minimum atomic E-state index is -4.10. The van der Waals surface area contributed by atoms with Crippen LogP contribution in [0.4, 0.5) is 13.2 Å². The summed E-state index contributed by atoms with van der Waals surface area (Å²) >= 11 is 0. The molecule has 0 aliphatic carbocycles. The molecule has 1 aliphatic rings. The van der Waals surface area contributed by atoms with Gasteiger partial charge in [-0.25, -0.2) is 0 Å². The topological polar surface area (TPSA) is 38.0 Å². The number of halogens is 3. The van der Waals surface area contributed by atoms with E-state index in [9.17, 15) is 13.2 Å². The van der Waals surface area contributed by atoms with Gasteiger partial charge in [0.25, 0.3) is 0 Å². The quantitative estimate of drug-likeness (QED) is 0.659. The molecule has 0 radical (unpaired) electrons. The van der Waals surface area contributed by atoms with Crippen molar-refractivity contribution in [1.82, 2.24) is 5.32 Å². The van der Waals surface area contributed by atoms with Gasteiger partial charge in [0.15, 0.2) is 0 Å². The first-order valence-corrected chi connectivity index (χ1v) is 4.45. The molecular formula is C8H15F3N2. The van der Waals surface area contributed by atoms with Crippen molar-refractivity contribution in [2.45, 2.75) is 25.6 Å². The minimum absolute atomic E-state index is 0.0607. The highest BCUT2D eigenvalue weighted by molar-refractivity contribution is 4.86. The number of alkyl halides is 3. The van der Waals surface area contributed by atoms with Crippen LogP contribution in [0, 0.1) is 11.8 Å². The first kappa shape index (κ1) is 10.8. The number of nitrogens with two attached hydrogens (primary N) is 1. The zero-order valence-corrected chi connectivity index (χ0v) is 7.56. The molecule has 3 unspecified atom stereocenters. The van der Waals surface area contributed by atoms with Gasteiger partial charge in [-0.15, -0.1) is 0 Å². The third-order valence-electron chi connectivity index (χ3n) is 2.63. The molecule has 1 fully saturated rings. The lowest BCUT2D eigenvalue weighted by Gasteiger charge is -2.36. The maximum atomic E-state index is 12.5. The van der Waals surface area contributed by atoms with E-state index in [0.717, 1.165) is 0 Å². The Hall–Kier alpha value is -0.290. The van der Waals surface area contributed by atoms with Crippen molar-refractivity contribution in [3.63, 3.8) is 0 Å². The van der Waals surface area contributed by atoms with Crippen LogP contribution in [0.1, 0.15) is 13.3 Å². The number of rotatable bonds is 1. The van der Waals surface area contributed by atoms with Gasteiger partial charge in [-0.1, -0.05) is 0 Å². The maximum Gasteiger partial charge on any atom is 0.392 e. The standard InChI is InChI=1S/C8H15F3N2/c1-5-2-7(8(9,10)11)6(3-12)4-13-5/h5-7,13H,2-4,12H2,1H3. The molecule has 1 rings (SSSR count). The van der Waals surface area contributed by atoms with Gasteiger partial charge in [0.1, 0.15) is 0 Å². The van der Waals surface area contributed by atoms with E-state index < -0.39 is 18.0 Å². The fraction of sp³-hybridized carbons (Fsp3) is 1.00. The van der Waals surface area contributed by atoms with Gasteiger partial charge in [0, 0.05) is 12.6 Å². The van der Waals surface area contributed by atoms with Gasteiger partial charge in [-0.3, -0.25) is 0 Å². The molecule has 0 spiro atoms. The lowest BCUT2D eigenvalue weighted by Crippen LogP contribution is -2.49. The lowest BCUT2D eigenvalue weighted by atomic mass is 9.83. The first-order valence-electron chi connectivity index (χ1n) is 4.45. The molecule has 0 aromatic rings. The van der Waals surface area contributed by atoms with Crippen LogP contribution in [0.15, 0.2) is 0 Å².